The first-order valence-electron chi connectivity index (χ1n) is 5.27. The van der Waals surface area contributed by atoms with Gasteiger partial charge in [0.1, 0.15) is 4.90 Å². The maximum atomic E-state index is 11.9. The van der Waals surface area contributed by atoms with Gasteiger partial charge in [0.2, 0.25) is 15.5 Å². The van der Waals surface area contributed by atoms with Gasteiger partial charge in [-0.05, 0) is 28.8 Å². The Kier molecular flexibility index (Phi) is 3.95. The Labute approximate surface area is 109 Å². The highest BCUT2D eigenvalue weighted by Crippen LogP contribution is 2.06. The molecule has 0 spiro atoms. The number of aromatic amines is 1. The fourth-order valence-electron chi connectivity index (χ4n) is 1.45. The number of sulfonamides is 1. The van der Waals surface area contributed by atoms with Crippen LogP contribution in [0, 0.1) is 0 Å². The fourth-order valence-corrected chi connectivity index (χ4v) is 3.24. The minimum Gasteiger partial charge on any atom is -0.366 e. The van der Waals surface area contributed by atoms with Gasteiger partial charge in [-0.3, -0.25) is 4.79 Å². The van der Waals surface area contributed by atoms with Crippen LogP contribution in [-0.2, 0) is 16.4 Å². The van der Waals surface area contributed by atoms with E-state index in [1.165, 1.54) is 18.5 Å². The summed E-state index contributed by atoms with van der Waals surface area (Å²) in [6.45, 7) is 0.271. The SMILES string of the molecule is O=c1cc[nH]cc1S(=O)(=O)NCCc1ccsc1. The van der Waals surface area contributed by atoms with Gasteiger partial charge in [0.25, 0.3) is 0 Å². The van der Waals surface area contributed by atoms with E-state index in [-0.39, 0.29) is 11.4 Å². The molecule has 0 aliphatic heterocycles. The molecule has 2 rings (SSSR count). The molecular weight excluding hydrogens is 272 g/mol. The molecule has 0 unspecified atom stereocenters. The second-order valence-corrected chi connectivity index (χ2v) is 6.17. The van der Waals surface area contributed by atoms with Crippen LogP contribution in [0.3, 0.4) is 0 Å². The third-order valence-corrected chi connectivity index (χ3v) is 4.58. The summed E-state index contributed by atoms with van der Waals surface area (Å²) in [6.07, 6.45) is 3.19. The average molecular weight is 284 g/mol. The molecule has 0 bridgehead atoms. The third-order valence-electron chi connectivity index (χ3n) is 2.36. The summed E-state index contributed by atoms with van der Waals surface area (Å²) in [5, 5.41) is 3.90. The minimum atomic E-state index is -3.73. The average Bonchev–Trinajstić information content (AvgIpc) is 2.82. The maximum Gasteiger partial charge on any atom is 0.245 e. The molecule has 0 fully saturated rings. The molecule has 2 N–H and O–H groups in total. The Morgan fingerprint density at radius 1 is 1.33 bits per heavy atom. The van der Waals surface area contributed by atoms with Crippen LogP contribution in [-0.4, -0.2) is 19.9 Å². The number of hydrogen-bond donors (Lipinski definition) is 2. The fraction of sp³-hybridized carbons (Fsp3) is 0.182. The molecule has 7 heteroatoms. The lowest BCUT2D eigenvalue weighted by atomic mass is 10.2. The largest absolute Gasteiger partial charge is 0.366 e. The van der Waals surface area contributed by atoms with E-state index in [0.717, 1.165) is 5.56 Å². The first-order chi connectivity index (χ1) is 8.59. The zero-order valence-corrected chi connectivity index (χ0v) is 11.1. The Morgan fingerprint density at radius 2 is 2.17 bits per heavy atom. The second kappa shape index (κ2) is 5.47. The monoisotopic (exact) mass is 284 g/mol. The van der Waals surface area contributed by atoms with Crippen molar-refractivity contribution in [2.75, 3.05) is 6.54 Å². The molecule has 0 aliphatic rings. The van der Waals surface area contributed by atoms with Crippen LogP contribution in [0.1, 0.15) is 5.56 Å². The minimum absolute atomic E-state index is 0.254. The van der Waals surface area contributed by atoms with E-state index in [2.05, 4.69) is 9.71 Å². The van der Waals surface area contributed by atoms with Crippen molar-refractivity contribution < 1.29 is 8.42 Å². The number of hydrogen-bond acceptors (Lipinski definition) is 4. The highest BCUT2D eigenvalue weighted by Gasteiger charge is 2.16. The molecule has 5 nitrogen and oxygen atoms in total. The van der Waals surface area contributed by atoms with Crippen molar-refractivity contribution in [1.29, 1.82) is 0 Å². The van der Waals surface area contributed by atoms with Crippen molar-refractivity contribution in [1.82, 2.24) is 9.71 Å². The van der Waals surface area contributed by atoms with Crippen molar-refractivity contribution in [3.05, 3.63) is 51.1 Å². The van der Waals surface area contributed by atoms with E-state index in [0.29, 0.717) is 6.42 Å². The summed E-state index contributed by atoms with van der Waals surface area (Å²) >= 11 is 1.56. The highest BCUT2D eigenvalue weighted by atomic mass is 32.2. The Bertz CT molecular complexity index is 660. The number of nitrogens with one attached hydrogen (secondary N) is 2. The summed E-state index contributed by atoms with van der Waals surface area (Å²) in [5.74, 6) is 0. The van der Waals surface area contributed by atoms with Crippen LogP contribution in [0.15, 0.2) is 45.0 Å². The molecular formula is C11H12N2O3S2. The van der Waals surface area contributed by atoms with Gasteiger partial charge in [0.05, 0.1) is 0 Å². The van der Waals surface area contributed by atoms with E-state index >= 15 is 0 Å². The summed E-state index contributed by atoms with van der Waals surface area (Å²) in [5.41, 5.74) is 0.557. The van der Waals surface area contributed by atoms with Crippen LogP contribution < -0.4 is 10.2 Å². The number of pyridine rings is 1. The Hall–Kier alpha value is -1.44. The molecule has 0 aliphatic carbocycles. The zero-order chi connectivity index (χ0) is 13.0. The number of H-pyrrole nitrogens is 1. The molecule has 0 saturated carbocycles. The van der Waals surface area contributed by atoms with Crippen molar-refractivity contribution in [2.24, 2.45) is 0 Å². The Balaban J connectivity index is 2.04. The van der Waals surface area contributed by atoms with Crippen molar-refractivity contribution in [2.45, 2.75) is 11.3 Å². The van der Waals surface area contributed by atoms with Gasteiger partial charge < -0.3 is 4.98 Å². The van der Waals surface area contributed by atoms with Crippen LogP contribution in [0.5, 0.6) is 0 Å². The summed E-state index contributed by atoms with van der Waals surface area (Å²) in [7, 11) is -3.73. The van der Waals surface area contributed by atoms with E-state index < -0.39 is 15.5 Å². The van der Waals surface area contributed by atoms with Gasteiger partial charge in [-0.25, -0.2) is 13.1 Å². The standard InChI is InChI=1S/C11H12N2O3S2/c14-10-2-4-12-7-11(10)18(15,16)13-5-1-9-3-6-17-8-9/h2-4,6-8,13H,1,5H2,(H,12,14). The predicted octanol–water partition coefficient (Wildman–Crippen LogP) is 0.957. The third kappa shape index (κ3) is 3.06. The van der Waals surface area contributed by atoms with Crippen molar-refractivity contribution in [3.63, 3.8) is 0 Å². The van der Waals surface area contributed by atoms with Crippen LogP contribution in [0.2, 0.25) is 0 Å². The summed E-state index contributed by atoms with van der Waals surface area (Å²) in [4.78, 5) is 13.8. The first-order valence-corrected chi connectivity index (χ1v) is 7.70. The van der Waals surface area contributed by atoms with Crippen LogP contribution in [0.25, 0.3) is 0 Å². The molecule has 0 aromatic carbocycles. The maximum absolute atomic E-state index is 11.9. The summed E-state index contributed by atoms with van der Waals surface area (Å²) in [6, 6.07) is 3.13. The zero-order valence-electron chi connectivity index (χ0n) is 9.42. The molecule has 2 aromatic heterocycles. The molecule has 18 heavy (non-hydrogen) atoms. The molecule has 2 aromatic rings. The lowest BCUT2D eigenvalue weighted by Gasteiger charge is -2.04. The first kappa shape index (κ1) is 13.0. The normalized spacial score (nSPS) is 11.6. The van der Waals surface area contributed by atoms with E-state index in [1.54, 1.807) is 11.3 Å². The lowest BCUT2D eigenvalue weighted by molar-refractivity contribution is 0.580. The lowest BCUT2D eigenvalue weighted by Crippen LogP contribution is -2.29. The number of rotatable bonds is 5. The van der Waals surface area contributed by atoms with Crippen LogP contribution >= 0.6 is 11.3 Å². The van der Waals surface area contributed by atoms with Crippen molar-refractivity contribution >= 4 is 21.4 Å². The smallest absolute Gasteiger partial charge is 0.245 e. The van der Waals surface area contributed by atoms with Gasteiger partial charge in [-0.2, -0.15) is 11.3 Å². The Morgan fingerprint density at radius 3 is 2.83 bits per heavy atom. The van der Waals surface area contributed by atoms with Gasteiger partial charge in [-0.1, -0.05) is 0 Å². The number of aromatic nitrogens is 1. The molecule has 0 amide bonds. The van der Waals surface area contributed by atoms with Gasteiger partial charge >= 0.3 is 0 Å². The molecule has 2 heterocycles. The van der Waals surface area contributed by atoms with Gasteiger partial charge in [0, 0.05) is 25.0 Å². The number of thiophene rings is 1. The van der Waals surface area contributed by atoms with Crippen LogP contribution in [0.4, 0.5) is 0 Å². The molecule has 0 radical (unpaired) electrons. The second-order valence-electron chi connectivity index (χ2n) is 3.65. The topological polar surface area (TPSA) is 79.0 Å². The molecule has 0 saturated heterocycles. The van der Waals surface area contributed by atoms with E-state index in [4.69, 9.17) is 0 Å². The van der Waals surface area contributed by atoms with E-state index in [9.17, 15) is 13.2 Å². The van der Waals surface area contributed by atoms with Gasteiger partial charge in [0.15, 0.2) is 0 Å². The quantitative estimate of drug-likeness (QED) is 0.858. The predicted molar refractivity (Wildman–Crippen MR) is 70.3 cm³/mol. The molecule has 96 valence electrons. The van der Waals surface area contributed by atoms with Gasteiger partial charge in [-0.15, -0.1) is 0 Å². The summed E-state index contributed by atoms with van der Waals surface area (Å²) < 4.78 is 26.1. The highest BCUT2D eigenvalue weighted by molar-refractivity contribution is 7.89. The van der Waals surface area contributed by atoms with Crippen molar-refractivity contribution in [3.8, 4) is 0 Å². The molecule has 0 atom stereocenters. The van der Waals surface area contributed by atoms with E-state index in [1.807, 2.05) is 16.8 Å².